The quantitative estimate of drug-likeness (QED) is 0.132. The standard InChI is InChI=1S/C59H59N7O2/c1-34(67)60-51-32-39(33-52(66-51)61-35(2)68)56-49-30-28-47(64-49)54(37-14-20-41(21-15-37)58(6,7)8)45-26-24-43(62-45)53(36-12-18-40(19-13-36)57(3,4)5)44-25-27-46(63-44)55(48-29-31-50(56)65-48)38-16-22-42(23-17-38)59(9,10)11/h12-33,64-65H,1-11H3,(H2,60,61,66,67,68). The molecule has 2 aliphatic heterocycles. The number of pyridine rings is 1. The topological polar surface area (TPSA) is 128 Å². The number of aromatic nitrogens is 5. The first-order valence-corrected chi connectivity index (χ1v) is 23.3. The van der Waals surface area contributed by atoms with E-state index in [1.807, 2.05) is 12.1 Å². The molecule has 0 aliphatic carbocycles. The van der Waals surface area contributed by atoms with Gasteiger partial charge in [0.2, 0.25) is 11.8 Å². The van der Waals surface area contributed by atoms with Crippen molar-refractivity contribution in [2.24, 2.45) is 0 Å². The molecule has 9 nitrogen and oxygen atoms in total. The Hall–Kier alpha value is -7.65. The van der Waals surface area contributed by atoms with Crippen molar-refractivity contribution in [3.8, 4) is 44.5 Å². The summed E-state index contributed by atoms with van der Waals surface area (Å²) in [6.45, 7) is 22.9. The smallest absolute Gasteiger partial charge is 0.222 e. The Balaban J connectivity index is 1.44. The number of benzene rings is 3. The van der Waals surface area contributed by atoms with Crippen LogP contribution in [0.4, 0.5) is 11.6 Å². The zero-order chi connectivity index (χ0) is 48.3. The fourth-order valence-corrected chi connectivity index (χ4v) is 8.99. The summed E-state index contributed by atoms with van der Waals surface area (Å²) in [7, 11) is 0. The molecule has 0 saturated carbocycles. The molecule has 0 spiro atoms. The first-order valence-electron chi connectivity index (χ1n) is 23.3. The monoisotopic (exact) mass is 897 g/mol. The number of fused-ring (bicyclic) bond motifs is 8. The number of nitrogens with zero attached hydrogens (tertiary/aromatic N) is 3. The molecule has 68 heavy (non-hydrogen) atoms. The molecule has 0 unspecified atom stereocenters. The van der Waals surface area contributed by atoms with Crippen LogP contribution < -0.4 is 10.6 Å². The summed E-state index contributed by atoms with van der Waals surface area (Å²) >= 11 is 0. The van der Waals surface area contributed by atoms with Gasteiger partial charge in [-0.1, -0.05) is 135 Å². The van der Waals surface area contributed by atoms with E-state index in [-0.39, 0.29) is 28.1 Å². The van der Waals surface area contributed by atoms with Gasteiger partial charge in [0, 0.05) is 58.2 Å². The van der Waals surface area contributed by atoms with Gasteiger partial charge in [0.25, 0.3) is 0 Å². The normalized spacial score (nSPS) is 12.6. The van der Waals surface area contributed by atoms with Crippen LogP contribution in [0, 0.1) is 0 Å². The predicted octanol–water partition coefficient (Wildman–Crippen LogP) is 14.5. The molecule has 0 saturated heterocycles. The molecule has 0 atom stereocenters. The van der Waals surface area contributed by atoms with E-state index < -0.39 is 0 Å². The van der Waals surface area contributed by atoms with Gasteiger partial charge >= 0.3 is 0 Å². The minimum Gasteiger partial charge on any atom is -0.354 e. The van der Waals surface area contributed by atoms with Gasteiger partial charge in [0.15, 0.2) is 0 Å². The van der Waals surface area contributed by atoms with Gasteiger partial charge < -0.3 is 20.6 Å². The van der Waals surface area contributed by atoms with Crippen LogP contribution in [-0.4, -0.2) is 36.7 Å². The maximum absolute atomic E-state index is 12.5. The Labute approximate surface area is 399 Å². The number of carbonyl (C=O) groups is 2. The van der Waals surface area contributed by atoms with Gasteiger partial charge in [0.1, 0.15) is 11.6 Å². The van der Waals surface area contributed by atoms with Crippen molar-refractivity contribution in [2.75, 3.05) is 10.6 Å². The molecule has 7 aromatic rings. The van der Waals surface area contributed by atoms with Crippen LogP contribution in [0.2, 0.25) is 0 Å². The summed E-state index contributed by atoms with van der Waals surface area (Å²) in [5.74, 6) is 0.0391. The van der Waals surface area contributed by atoms with Crippen molar-refractivity contribution >= 4 is 69.8 Å². The van der Waals surface area contributed by atoms with Gasteiger partial charge in [-0.2, -0.15) is 0 Å². The second-order valence-electron chi connectivity index (χ2n) is 21.0. The Morgan fingerprint density at radius 2 is 0.676 bits per heavy atom. The highest BCUT2D eigenvalue weighted by Gasteiger charge is 2.23. The third-order valence-corrected chi connectivity index (χ3v) is 12.6. The van der Waals surface area contributed by atoms with Gasteiger partial charge in [0.05, 0.1) is 22.8 Å². The summed E-state index contributed by atoms with van der Waals surface area (Å²) in [4.78, 5) is 48.2. The van der Waals surface area contributed by atoms with Gasteiger partial charge in [-0.05, 0) is 116 Å². The van der Waals surface area contributed by atoms with Crippen molar-refractivity contribution in [3.63, 3.8) is 0 Å². The lowest BCUT2D eigenvalue weighted by atomic mass is 9.86. The van der Waals surface area contributed by atoms with E-state index in [2.05, 4.69) is 209 Å². The van der Waals surface area contributed by atoms with E-state index in [9.17, 15) is 9.59 Å². The van der Waals surface area contributed by atoms with Crippen molar-refractivity contribution < 1.29 is 9.59 Å². The molecule has 342 valence electrons. The number of hydrogen-bond acceptors (Lipinski definition) is 5. The van der Waals surface area contributed by atoms with Crippen LogP contribution in [0.5, 0.6) is 0 Å². The fraction of sp³-hybridized carbons (Fsp3) is 0.237. The molecule has 0 fully saturated rings. The van der Waals surface area contributed by atoms with E-state index in [0.29, 0.717) is 17.2 Å². The average molecular weight is 898 g/mol. The third-order valence-electron chi connectivity index (χ3n) is 12.6. The summed E-state index contributed by atoms with van der Waals surface area (Å²) in [5, 5.41) is 5.69. The maximum Gasteiger partial charge on any atom is 0.222 e. The number of H-pyrrole nitrogens is 2. The first kappa shape index (κ1) is 45.5. The molecule has 4 N–H and O–H groups in total. The molecular weight excluding hydrogens is 839 g/mol. The van der Waals surface area contributed by atoms with Crippen molar-refractivity contribution in [1.29, 1.82) is 0 Å². The summed E-state index contributed by atoms with van der Waals surface area (Å²) in [6.07, 6.45) is 8.42. The molecule has 9 heteroatoms. The molecule has 8 bridgehead atoms. The highest BCUT2D eigenvalue weighted by molar-refractivity contribution is 6.02. The molecular formula is C59H59N7O2. The number of amides is 2. The van der Waals surface area contributed by atoms with Crippen LogP contribution in [0.3, 0.4) is 0 Å². The Bertz CT molecular complexity index is 3170. The zero-order valence-corrected chi connectivity index (χ0v) is 40.9. The summed E-state index contributed by atoms with van der Waals surface area (Å²) < 4.78 is 0. The number of carbonyl (C=O) groups excluding carboxylic acids is 2. The molecule has 2 aliphatic rings. The van der Waals surface area contributed by atoms with E-state index in [1.165, 1.54) is 30.5 Å². The maximum atomic E-state index is 12.5. The number of hydrogen-bond donors (Lipinski definition) is 4. The Morgan fingerprint density at radius 1 is 0.382 bits per heavy atom. The molecule has 9 rings (SSSR count). The van der Waals surface area contributed by atoms with Crippen LogP contribution in [0.15, 0.2) is 109 Å². The van der Waals surface area contributed by atoms with Crippen molar-refractivity contribution in [1.82, 2.24) is 24.9 Å². The predicted molar refractivity (Wildman–Crippen MR) is 283 cm³/mol. The highest BCUT2D eigenvalue weighted by atomic mass is 16.2. The van der Waals surface area contributed by atoms with Crippen LogP contribution in [0.1, 0.15) is 116 Å². The SMILES string of the molecule is CC(=O)Nc1cc(-c2c3ccc([nH]3)c(-c3ccc(C(C)(C)C)cc3)c3nc(c(-c4ccc(C(C)(C)C)cc4)c4nc(c(-c5ccc(C(C)(C)C)cc5)c5ccc2[nH]5)C=C4)C=C3)cc(NC(C)=O)n1. The largest absolute Gasteiger partial charge is 0.354 e. The summed E-state index contributed by atoms with van der Waals surface area (Å²) in [6, 6.07) is 38.3. The van der Waals surface area contributed by atoms with Crippen molar-refractivity contribution in [3.05, 3.63) is 149 Å². The number of aromatic amines is 2. The lowest BCUT2D eigenvalue weighted by Crippen LogP contribution is -2.11. The molecule has 2 amide bonds. The molecule has 3 aromatic carbocycles. The number of nitrogens with one attached hydrogen (secondary N) is 4. The average Bonchev–Trinajstić information content (AvgIpc) is 4.11. The van der Waals surface area contributed by atoms with Gasteiger partial charge in [-0.3, -0.25) is 9.59 Å². The lowest BCUT2D eigenvalue weighted by molar-refractivity contribution is -0.115. The van der Waals surface area contributed by atoms with Gasteiger partial charge in [-0.25, -0.2) is 15.0 Å². The Kier molecular flexibility index (Phi) is 11.5. The first-order chi connectivity index (χ1) is 32.2. The second kappa shape index (κ2) is 17.2. The Morgan fingerprint density at radius 3 is 0.985 bits per heavy atom. The number of anilines is 2. The van der Waals surface area contributed by atoms with E-state index in [1.54, 1.807) is 0 Å². The zero-order valence-electron chi connectivity index (χ0n) is 40.9. The lowest BCUT2D eigenvalue weighted by Gasteiger charge is -2.19. The second-order valence-corrected chi connectivity index (χ2v) is 21.0. The highest BCUT2D eigenvalue weighted by Crippen LogP contribution is 2.40. The van der Waals surface area contributed by atoms with E-state index >= 15 is 0 Å². The van der Waals surface area contributed by atoms with Crippen LogP contribution >= 0.6 is 0 Å². The minimum absolute atomic E-state index is 0.0140. The fourth-order valence-electron chi connectivity index (χ4n) is 8.99. The van der Waals surface area contributed by atoms with Crippen LogP contribution in [-0.2, 0) is 25.8 Å². The minimum atomic E-state index is -0.283. The molecule has 4 aromatic heterocycles. The van der Waals surface area contributed by atoms with Crippen molar-refractivity contribution in [2.45, 2.75) is 92.4 Å². The van der Waals surface area contributed by atoms with Crippen LogP contribution in [0.25, 0.3) is 90.9 Å². The van der Waals surface area contributed by atoms with E-state index in [0.717, 1.165) is 83.8 Å². The summed E-state index contributed by atoms with van der Waals surface area (Å²) in [5.41, 5.74) is 17.5. The van der Waals surface area contributed by atoms with Gasteiger partial charge in [-0.15, -0.1) is 0 Å². The molecule has 0 radical (unpaired) electrons. The van der Waals surface area contributed by atoms with E-state index in [4.69, 9.17) is 9.97 Å². The number of rotatable bonds is 6. The molecule has 6 heterocycles. The third kappa shape index (κ3) is 9.21.